The molecule has 2 aromatic heterocycles. The fraction of sp³-hybridized carbons (Fsp3) is 0.500. The van der Waals surface area contributed by atoms with E-state index in [1.54, 1.807) is 11.6 Å². The molecule has 0 aliphatic heterocycles. The molecule has 0 unspecified atom stereocenters. The van der Waals surface area contributed by atoms with Crippen LogP contribution in [0, 0.1) is 5.92 Å². The maximum Gasteiger partial charge on any atom is 0.271 e. The molecule has 0 saturated heterocycles. The number of thiazole rings is 1. The molecule has 0 spiro atoms. The molecule has 0 atom stereocenters. The number of carbonyl (C=O) groups excluding carboxylic acids is 1. The van der Waals surface area contributed by atoms with Crippen molar-refractivity contribution in [3.8, 4) is 0 Å². The maximum atomic E-state index is 12.1. The molecule has 0 bridgehead atoms. The summed E-state index contributed by atoms with van der Waals surface area (Å²) >= 11 is 1.36. The van der Waals surface area contributed by atoms with Gasteiger partial charge in [-0.3, -0.25) is 14.0 Å². The number of rotatable bonds is 7. The van der Waals surface area contributed by atoms with Crippen LogP contribution in [0.2, 0.25) is 0 Å². The fourth-order valence-corrected chi connectivity index (χ4v) is 2.66. The molecule has 7 heteroatoms. The highest BCUT2D eigenvalue weighted by atomic mass is 32.1. The molecule has 2 aromatic rings. The van der Waals surface area contributed by atoms with Gasteiger partial charge in [0.1, 0.15) is 5.56 Å². The second-order valence-corrected chi connectivity index (χ2v) is 6.03. The summed E-state index contributed by atoms with van der Waals surface area (Å²) in [6, 6.07) is 0. The van der Waals surface area contributed by atoms with Crippen molar-refractivity contribution < 1.29 is 9.53 Å². The molecule has 6 nitrogen and oxygen atoms in total. The normalized spacial score (nSPS) is 14.5. The number of hydrogen-bond donors (Lipinski definition) is 1. The van der Waals surface area contributed by atoms with Gasteiger partial charge < -0.3 is 10.1 Å². The lowest BCUT2D eigenvalue weighted by Gasteiger charge is -2.05. The monoisotopic (exact) mass is 307 g/mol. The molecule has 2 heterocycles. The lowest BCUT2D eigenvalue weighted by Crippen LogP contribution is -2.32. The average Bonchev–Trinajstić information content (AvgIpc) is 3.17. The number of aromatic nitrogens is 2. The van der Waals surface area contributed by atoms with Crippen LogP contribution in [0.5, 0.6) is 0 Å². The summed E-state index contributed by atoms with van der Waals surface area (Å²) in [6.07, 6.45) is 6.26. The van der Waals surface area contributed by atoms with E-state index in [1.807, 2.05) is 0 Å². The van der Waals surface area contributed by atoms with Crippen molar-refractivity contribution in [3.05, 3.63) is 33.7 Å². The van der Waals surface area contributed by atoms with Gasteiger partial charge in [-0.1, -0.05) is 0 Å². The van der Waals surface area contributed by atoms with Crippen molar-refractivity contribution in [1.29, 1.82) is 0 Å². The molecule has 0 aromatic carbocycles. The van der Waals surface area contributed by atoms with Gasteiger partial charge in [-0.05, 0) is 25.2 Å². The van der Waals surface area contributed by atoms with Crippen LogP contribution in [-0.4, -0.2) is 35.1 Å². The first-order valence-corrected chi connectivity index (χ1v) is 7.94. The number of nitrogens with one attached hydrogen (secondary N) is 1. The van der Waals surface area contributed by atoms with E-state index in [-0.39, 0.29) is 17.0 Å². The van der Waals surface area contributed by atoms with Gasteiger partial charge in [0, 0.05) is 37.5 Å². The summed E-state index contributed by atoms with van der Waals surface area (Å²) in [4.78, 5) is 28.8. The Morgan fingerprint density at radius 1 is 1.52 bits per heavy atom. The first-order chi connectivity index (χ1) is 10.3. The van der Waals surface area contributed by atoms with Gasteiger partial charge in [-0.2, -0.15) is 0 Å². The number of fused-ring (bicyclic) bond motifs is 1. The van der Waals surface area contributed by atoms with Crippen molar-refractivity contribution in [2.75, 3.05) is 19.8 Å². The fourth-order valence-electron chi connectivity index (χ4n) is 1.99. The summed E-state index contributed by atoms with van der Waals surface area (Å²) in [5.74, 6) is 0.373. The highest BCUT2D eigenvalue weighted by Crippen LogP contribution is 2.28. The molecule has 1 fully saturated rings. The van der Waals surface area contributed by atoms with E-state index in [0.29, 0.717) is 18.1 Å². The minimum absolute atomic E-state index is 0.0739. The Hall–Kier alpha value is -1.73. The van der Waals surface area contributed by atoms with Crippen LogP contribution in [0.3, 0.4) is 0 Å². The number of amides is 1. The number of carbonyl (C=O) groups is 1. The summed E-state index contributed by atoms with van der Waals surface area (Å²) in [6.45, 7) is 1.96. The van der Waals surface area contributed by atoms with E-state index < -0.39 is 0 Å². The van der Waals surface area contributed by atoms with Crippen LogP contribution in [-0.2, 0) is 4.74 Å². The molecule has 1 N–H and O–H groups in total. The zero-order valence-corrected chi connectivity index (χ0v) is 12.4. The summed E-state index contributed by atoms with van der Waals surface area (Å²) in [5, 5.41) is 4.50. The Morgan fingerprint density at radius 2 is 2.38 bits per heavy atom. The first kappa shape index (κ1) is 14.2. The second kappa shape index (κ2) is 6.36. The third-order valence-corrected chi connectivity index (χ3v) is 4.16. The predicted octanol–water partition coefficient (Wildman–Crippen LogP) is 1.30. The Kier molecular flexibility index (Phi) is 4.31. The Morgan fingerprint density at radius 3 is 3.19 bits per heavy atom. The first-order valence-electron chi connectivity index (χ1n) is 7.06. The standard InChI is InChI=1S/C14H17N3O3S/c18-12(15-4-1-6-20-9-10-2-3-10)11-8-16-14-17(13(11)19)5-7-21-14/h5,7-8,10H,1-4,6,9H2,(H,15,18). The summed E-state index contributed by atoms with van der Waals surface area (Å²) < 4.78 is 6.88. The Bertz CT molecular complexity index is 690. The van der Waals surface area contributed by atoms with Crippen molar-refractivity contribution in [2.45, 2.75) is 19.3 Å². The molecule has 0 radical (unpaired) electrons. The molecule has 112 valence electrons. The quantitative estimate of drug-likeness (QED) is 0.783. The van der Waals surface area contributed by atoms with Crippen LogP contribution in [0.1, 0.15) is 29.6 Å². The molecule has 1 aliphatic rings. The third-order valence-electron chi connectivity index (χ3n) is 3.39. The van der Waals surface area contributed by atoms with E-state index in [2.05, 4.69) is 10.3 Å². The molecular formula is C14H17N3O3S. The lowest BCUT2D eigenvalue weighted by molar-refractivity contribution is 0.0935. The lowest BCUT2D eigenvalue weighted by atomic mass is 10.3. The van der Waals surface area contributed by atoms with Gasteiger partial charge >= 0.3 is 0 Å². The highest BCUT2D eigenvalue weighted by molar-refractivity contribution is 7.15. The van der Waals surface area contributed by atoms with Gasteiger partial charge in [-0.15, -0.1) is 11.3 Å². The van der Waals surface area contributed by atoms with E-state index in [9.17, 15) is 9.59 Å². The van der Waals surface area contributed by atoms with Crippen molar-refractivity contribution in [2.24, 2.45) is 5.92 Å². The van der Waals surface area contributed by atoms with Crippen LogP contribution in [0.4, 0.5) is 0 Å². The SMILES string of the molecule is O=C(NCCCOCC1CC1)c1cnc2sccn2c1=O. The van der Waals surface area contributed by atoms with Crippen LogP contribution >= 0.6 is 11.3 Å². The largest absolute Gasteiger partial charge is 0.381 e. The van der Waals surface area contributed by atoms with Crippen LogP contribution in [0.15, 0.2) is 22.6 Å². The number of hydrogen-bond acceptors (Lipinski definition) is 5. The van der Waals surface area contributed by atoms with Gasteiger partial charge in [0.25, 0.3) is 11.5 Å². The summed E-state index contributed by atoms with van der Waals surface area (Å²) in [5.41, 5.74) is -0.256. The maximum absolute atomic E-state index is 12.1. The second-order valence-electron chi connectivity index (χ2n) is 5.16. The van der Waals surface area contributed by atoms with E-state index in [1.165, 1.54) is 34.8 Å². The van der Waals surface area contributed by atoms with E-state index in [0.717, 1.165) is 18.9 Å². The average molecular weight is 307 g/mol. The van der Waals surface area contributed by atoms with Crippen molar-refractivity contribution >= 4 is 22.2 Å². The topological polar surface area (TPSA) is 72.7 Å². The predicted molar refractivity (Wildman–Crippen MR) is 79.8 cm³/mol. The molecular weight excluding hydrogens is 290 g/mol. The number of ether oxygens (including phenoxy) is 1. The van der Waals surface area contributed by atoms with E-state index >= 15 is 0 Å². The molecule has 1 amide bonds. The zero-order valence-electron chi connectivity index (χ0n) is 11.6. The van der Waals surface area contributed by atoms with Gasteiger partial charge in [0.15, 0.2) is 4.96 Å². The van der Waals surface area contributed by atoms with Gasteiger partial charge in [-0.25, -0.2) is 4.98 Å². The molecule has 1 saturated carbocycles. The van der Waals surface area contributed by atoms with Crippen LogP contribution < -0.4 is 10.9 Å². The third kappa shape index (κ3) is 3.48. The Labute approximate surface area is 125 Å². The molecule has 21 heavy (non-hydrogen) atoms. The Balaban J connectivity index is 1.49. The van der Waals surface area contributed by atoms with Gasteiger partial charge in [0.05, 0.1) is 0 Å². The summed E-state index contributed by atoms with van der Waals surface area (Å²) in [7, 11) is 0. The zero-order chi connectivity index (χ0) is 14.7. The number of nitrogens with zero attached hydrogens (tertiary/aromatic N) is 2. The smallest absolute Gasteiger partial charge is 0.271 e. The highest BCUT2D eigenvalue weighted by Gasteiger charge is 2.20. The van der Waals surface area contributed by atoms with Crippen LogP contribution in [0.25, 0.3) is 4.96 Å². The minimum Gasteiger partial charge on any atom is -0.381 e. The molecule has 3 rings (SSSR count). The van der Waals surface area contributed by atoms with E-state index in [4.69, 9.17) is 4.74 Å². The molecule has 1 aliphatic carbocycles. The minimum atomic E-state index is -0.379. The van der Waals surface area contributed by atoms with Gasteiger partial charge in [0.2, 0.25) is 0 Å². The van der Waals surface area contributed by atoms with Crippen molar-refractivity contribution in [1.82, 2.24) is 14.7 Å². The van der Waals surface area contributed by atoms with Crippen molar-refractivity contribution in [3.63, 3.8) is 0 Å².